The van der Waals surface area contributed by atoms with Gasteiger partial charge in [-0.2, -0.15) is 0 Å². The van der Waals surface area contributed by atoms with Crippen LogP contribution in [-0.2, 0) is 19.4 Å². The average Bonchev–Trinajstić information content (AvgIpc) is 2.85. The number of ether oxygens (including phenoxy) is 1. The Hall–Kier alpha value is -1.87. The third-order valence-corrected chi connectivity index (χ3v) is 5.53. The quantitative estimate of drug-likeness (QED) is 0.739. The number of rotatable bonds is 5. The smallest absolute Gasteiger partial charge is 0.276 e. The monoisotopic (exact) mass is 378 g/mol. The summed E-state index contributed by atoms with van der Waals surface area (Å²) in [4.78, 5) is 23.2. The maximum Gasteiger partial charge on any atom is 0.276 e. The number of benzene rings is 1. The number of hydrogen-bond donors (Lipinski definition) is 2. The summed E-state index contributed by atoms with van der Waals surface area (Å²) in [6, 6.07) is 3.64. The predicted molar refractivity (Wildman–Crippen MR) is 84.6 cm³/mol. The van der Waals surface area contributed by atoms with Crippen LogP contribution >= 0.6 is 11.6 Å². The van der Waals surface area contributed by atoms with Crippen molar-refractivity contribution in [3.05, 3.63) is 29.0 Å². The van der Waals surface area contributed by atoms with E-state index < -0.39 is 34.1 Å². The molecule has 1 aromatic rings. The molecule has 2 N–H and O–H groups in total. The third-order valence-electron chi connectivity index (χ3n) is 3.40. The van der Waals surface area contributed by atoms with E-state index in [1.165, 1.54) is 12.1 Å². The Kier molecular flexibility index (Phi) is 6.00. The normalized spacial score (nSPS) is 18.8. The molecule has 0 radical (unpaired) electrons. The Morgan fingerprint density at radius 3 is 2.62 bits per heavy atom. The maximum absolute atomic E-state index is 13.0. The molecule has 1 saturated heterocycles. The largest absolute Gasteiger partial charge is 0.484 e. The third kappa shape index (κ3) is 5.64. The summed E-state index contributed by atoms with van der Waals surface area (Å²) in [5.74, 6) is -1.65. The lowest BCUT2D eigenvalue weighted by atomic mass is 10.1. The van der Waals surface area contributed by atoms with Crippen molar-refractivity contribution < 1.29 is 27.1 Å². The van der Waals surface area contributed by atoms with E-state index >= 15 is 0 Å². The molecule has 2 amide bonds. The molecule has 10 heteroatoms. The van der Waals surface area contributed by atoms with E-state index in [-0.39, 0.29) is 34.6 Å². The van der Waals surface area contributed by atoms with Crippen molar-refractivity contribution in [3.63, 3.8) is 0 Å². The molecule has 7 nitrogen and oxygen atoms in total. The molecule has 0 saturated carbocycles. The van der Waals surface area contributed by atoms with E-state index in [2.05, 4.69) is 10.9 Å². The first-order chi connectivity index (χ1) is 11.2. The molecular weight excluding hydrogens is 363 g/mol. The topological polar surface area (TPSA) is 102 Å². The summed E-state index contributed by atoms with van der Waals surface area (Å²) < 4.78 is 40.7. The van der Waals surface area contributed by atoms with Crippen LogP contribution in [0.15, 0.2) is 18.2 Å². The second-order valence-electron chi connectivity index (χ2n) is 5.43. The van der Waals surface area contributed by atoms with Crippen molar-refractivity contribution in [2.75, 3.05) is 18.1 Å². The summed E-state index contributed by atoms with van der Waals surface area (Å²) >= 11 is 5.58. The maximum atomic E-state index is 13.0. The van der Waals surface area contributed by atoms with Gasteiger partial charge in [0.15, 0.2) is 16.4 Å². The molecule has 1 heterocycles. The molecule has 132 valence electrons. The Balaban J connectivity index is 1.69. The first-order valence-corrected chi connectivity index (χ1v) is 9.31. The van der Waals surface area contributed by atoms with Gasteiger partial charge in [0, 0.05) is 12.5 Å². The molecule has 0 aliphatic carbocycles. The van der Waals surface area contributed by atoms with Gasteiger partial charge in [-0.15, -0.1) is 0 Å². The number of halogens is 2. The summed E-state index contributed by atoms with van der Waals surface area (Å²) in [5.41, 5.74) is 4.35. The molecule has 1 unspecified atom stereocenters. The van der Waals surface area contributed by atoms with Gasteiger partial charge in [0.2, 0.25) is 5.91 Å². The molecular formula is C14H16ClFN2O5S. The van der Waals surface area contributed by atoms with Gasteiger partial charge in [-0.25, -0.2) is 12.8 Å². The zero-order chi connectivity index (χ0) is 17.7. The van der Waals surface area contributed by atoms with Crippen molar-refractivity contribution in [2.45, 2.75) is 12.8 Å². The Bertz CT molecular complexity index is 741. The first-order valence-electron chi connectivity index (χ1n) is 7.11. The van der Waals surface area contributed by atoms with Crippen molar-refractivity contribution in [1.82, 2.24) is 10.9 Å². The van der Waals surface area contributed by atoms with Crippen LogP contribution in [0.25, 0.3) is 0 Å². The summed E-state index contributed by atoms with van der Waals surface area (Å²) in [7, 11) is -3.04. The Morgan fingerprint density at radius 1 is 1.29 bits per heavy atom. The lowest BCUT2D eigenvalue weighted by molar-refractivity contribution is -0.130. The summed E-state index contributed by atoms with van der Waals surface area (Å²) in [6.07, 6.45) is 0.464. The van der Waals surface area contributed by atoms with E-state index in [0.29, 0.717) is 6.42 Å². The van der Waals surface area contributed by atoms with Crippen molar-refractivity contribution in [2.24, 2.45) is 5.92 Å². The Labute approximate surface area is 143 Å². The van der Waals surface area contributed by atoms with Gasteiger partial charge in [0.05, 0.1) is 16.5 Å². The molecule has 1 aliphatic heterocycles. The lowest BCUT2D eigenvalue weighted by Gasteiger charge is -2.11. The number of nitrogens with one attached hydrogen (secondary N) is 2. The van der Waals surface area contributed by atoms with E-state index in [4.69, 9.17) is 16.3 Å². The van der Waals surface area contributed by atoms with E-state index in [1.54, 1.807) is 0 Å². The van der Waals surface area contributed by atoms with Gasteiger partial charge in [-0.1, -0.05) is 11.6 Å². The standard InChI is InChI=1S/C14H16ClFN2O5S/c15-11-6-10(1-2-12(11)16)23-7-14(20)18-17-13(19)5-9-3-4-24(21,22)8-9/h1-2,6,9H,3-5,7-8H2,(H,17,19)(H,18,20). The van der Waals surface area contributed by atoms with Crippen LogP contribution in [0.3, 0.4) is 0 Å². The van der Waals surface area contributed by atoms with Crippen LogP contribution in [0.4, 0.5) is 4.39 Å². The minimum absolute atomic E-state index is 0.0111. The molecule has 2 rings (SSSR count). The van der Waals surface area contributed by atoms with Crippen molar-refractivity contribution >= 4 is 33.3 Å². The minimum atomic E-state index is -3.04. The highest BCUT2D eigenvalue weighted by Crippen LogP contribution is 2.21. The lowest BCUT2D eigenvalue weighted by Crippen LogP contribution is -2.44. The van der Waals surface area contributed by atoms with Gasteiger partial charge in [-0.05, 0) is 24.5 Å². The van der Waals surface area contributed by atoms with E-state index in [9.17, 15) is 22.4 Å². The molecule has 0 bridgehead atoms. The van der Waals surface area contributed by atoms with Crippen LogP contribution in [-0.4, -0.2) is 38.3 Å². The SMILES string of the molecule is O=C(COc1ccc(F)c(Cl)c1)NNC(=O)CC1CCS(=O)(=O)C1. The van der Waals surface area contributed by atoms with Crippen molar-refractivity contribution in [1.29, 1.82) is 0 Å². The van der Waals surface area contributed by atoms with Crippen LogP contribution in [0.5, 0.6) is 5.75 Å². The fourth-order valence-corrected chi connectivity index (χ4v) is 4.27. The molecule has 0 spiro atoms. The zero-order valence-corrected chi connectivity index (χ0v) is 14.1. The number of sulfone groups is 1. The Morgan fingerprint density at radius 2 is 2.00 bits per heavy atom. The van der Waals surface area contributed by atoms with Crippen LogP contribution in [0.1, 0.15) is 12.8 Å². The highest BCUT2D eigenvalue weighted by Gasteiger charge is 2.29. The fourth-order valence-electron chi connectivity index (χ4n) is 2.24. The minimum Gasteiger partial charge on any atom is -0.484 e. The molecule has 24 heavy (non-hydrogen) atoms. The van der Waals surface area contributed by atoms with Crippen LogP contribution < -0.4 is 15.6 Å². The van der Waals surface area contributed by atoms with Gasteiger partial charge in [-0.3, -0.25) is 20.4 Å². The number of amides is 2. The zero-order valence-electron chi connectivity index (χ0n) is 12.6. The number of hydrazine groups is 1. The number of carbonyl (C=O) groups excluding carboxylic acids is 2. The summed E-state index contributed by atoms with van der Waals surface area (Å²) in [5, 5.41) is -0.132. The van der Waals surface area contributed by atoms with Crippen LogP contribution in [0, 0.1) is 11.7 Å². The van der Waals surface area contributed by atoms with Crippen molar-refractivity contribution in [3.8, 4) is 5.75 Å². The highest BCUT2D eigenvalue weighted by molar-refractivity contribution is 7.91. The molecule has 1 atom stereocenters. The molecule has 1 aromatic carbocycles. The first kappa shape index (κ1) is 18.5. The van der Waals surface area contributed by atoms with E-state index in [1.807, 2.05) is 0 Å². The van der Waals surface area contributed by atoms with Gasteiger partial charge >= 0.3 is 0 Å². The second kappa shape index (κ2) is 7.80. The van der Waals surface area contributed by atoms with Crippen LogP contribution in [0.2, 0.25) is 5.02 Å². The molecule has 1 fully saturated rings. The fraction of sp³-hybridized carbons (Fsp3) is 0.429. The molecule has 0 aromatic heterocycles. The highest BCUT2D eigenvalue weighted by atomic mass is 35.5. The predicted octanol–water partition coefficient (Wildman–Crippen LogP) is 0.830. The second-order valence-corrected chi connectivity index (χ2v) is 8.07. The van der Waals surface area contributed by atoms with E-state index in [0.717, 1.165) is 6.07 Å². The number of hydrogen-bond acceptors (Lipinski definition) is 5. The summed E-state index contributed by atoms with van der Waals surface area (Å²) in [6.45, 7) is -0.403. The van der Waals surface area contributed by atoms with Gasteiger partial charge in [0.25, 0.3) is 5.91 Å². The number of carbonyl (C=O) groups is 2. The van der Waals surface area contributed by atoms with Gasteiger partial charge < -0.3 is 4.74 Å². The average molecular weight is 379 g/mol. The molecule has 1 aliphatic rings. The van der Waals surface area contributed by atoms with Gasteiger partial charge in [0.1, 0.15) is 11.6 Å².